The average Bonchev–Trinajstić information content (AvgIpc) is 3.09. The van der Waals surface area contributed by atoms with Crippen LogP contribution in [0.4, 0.5) is 0 Å². The molecule has 0 N–H and O–H groups in total. The van der Waals surface area contributed by atoms with E-state index in [1.165, 1.54) is 12.3 Å². The number of imidazole rings is 1. The van der Waals surface area contributed by atoms with Crippen LogP contribution in [0.5, 0.6) is 11.5 Å². The van der Waals surface area contributed by atoms with Crippen molar-refractivity contribution >= 4 is 27.1 Å². The fraction of sp³-hybridized carbons (Fsp3) is 0.174. The van der Waals surface area contributed by atoms with Gasteiger partial charge in [-0.3, -0.25) is 4.40 Å². The fourth-order valence-electron chi connectivity index (χ4n) is 3.35. The number of pyridine rings is 1. The molecule has 0 saturated heterocycles. The first kappa shape index (κ1) is 20.4. The zero-order valence-corrected chi connectivity index (χ0v) is 18.4. The molecule has 0 fully saturated rings. The van der Waals surface area contributed by atoms with E-state index in [0.717, 1.165) is 17.0 Å². The molecule has 0 saturated carbocycles. The van der Waals surface area contributed by atoms with Crippen LogP contribution in [0.25, 0.3) is 16.9 Å². The number of sulfone groups is 1. The largest absolute Gasteiger partial charge is 0.457 e. The Morgan fingerprint density at radius 1 is 1.00 bits per heavy atom. The van der Waals surface area contributed by atoms with Gasteiger partial charge >= 0.3 is 0 Å². The maximum absolute atomic E-state index is 11.8. The van der Waals surface area contributed by atoms with Crippen molar-refractivity contribution in [2.45, 2.75) is 24.7 Å². The van der Waals surface area contributed by atoms with Gasteiger partial charge in [0.05, 0.1) is 21.3 Å². The summed E-state index contributed by atoms with van der Waals surface area (Å²) in [7, 11) is -3.31. The Morgan fingerprint density at radius 2 is 1.70 bits per heavy atom. The summed E-state index contributed by atoms with van der Waals surface area (Å²) in [6.45, 7) is 4.19. The molecule has 0 bridgehead atoms. The van der Waals surface area contributed by atoms with Crippen LogP contribution < -0.4 is 4.74 Å². The number of hydrogen-bond donors (Lipinski definition) is 0. The number of benzene rings is 2. The highest BCUT2D eigenvalue weighted by atomic mass is 35.5. The molecule has 7 heteroatoms. The molecule has 0 radical (unpaired) electrons. The maximum Gasteiger partial charge on any atom is 0.175 e. The predicted molar refractivity (Wildman–Crippen MR) is 119 cm³/mol. The van der Waals surface area contributed by atoms with Crippen LogP contribution in [0.2, 0.25) is 5.02 Å². The van der Waals surface area contributed by atoms with E-state index in [0.29, 0.717) is 22.2 Å². The Morgan fingerprint density at radius 3 is 2.40 bits per heavy atom. The van der Waals surface area contributed by atoms with Crippen LogP contribution in [0.3, 0.4) is 0 Å². The van der Waals surface area contributed by atoms with Crippen LogP contribution in [-0.4, -0.2) is 24.1 Å². The summed E-state index contributed by atoms with van der Waals surface area (Å²) < 4.78 is 31.6. The third-order valence-corrected chi connectivity index (χ3v) is 6.16. The molecule has 154 valence electrons. The van der Waals surface area contributed by atoms with Crippen LogP contribution in [-0.2, 0) is 9.84 Å². The van der Waals surface area contributed by atoms with Gasteiger partial charge in [-0.1, -0.05) is 43.6 Å². The number of halogens is 1. The second kappa shape index (κ2) is 7.78. The molecule has 0 atom stereocenters. The first-order valence-electron chi connectivity index (χ1n) is 9.49. The standard InChI is InChI=1S/C23H21ClN2O3S/c1-15(2)21-22(26-12-6-11-20(24)23(26)25-21)16-7-4-8-17(13-16)29-18-9-5-10-19(14-18)30(3,27)28/h4-15H,1-3H3. The summed E-state index contributed by atoms with van der Waals surface area (Å²) >= 11 is 6.37. The maximum atomic E-state index is 11.8. The second-order valence-corrected chi connectivity index (χ2v) is 9.85. The Hall–Kier alpha value is -2.83. The van der Waals surface area contributed by atoms with E-state index in [9.17, 15) is 8.42 Å². The zero-order valence-electron chi connectivity index (χ0n) is 16.8. The molecule has 0 amide bonds. The second-order valence-electron chi connectivity index (χ2n) is 7.43. The topological polar surface area (TPSA) is 60.7 Å². The smallest absolute Gasteiger partial charge is 0.175 e. The van der Waals surface area contributed by atoms with E-state index >= 15 is 0 Å². The molecule has 0 aliphatic heterocycles. The number of ether oxygens (including phenoxy) is 1. The van der Waals surface area contributed by atoms with E-state index in [1.54, 1.807) is 18.2 Å². The van der Waals surface area contributed by atoms with Gasteiger partial charge in [0, 0.05) is 18.0 Å². The van der Waals surface area contributed by atoms with E-state index < -0.39 is 9.84 Å². The summed E-state index contributed by atoms with van der Waals surface area (Å²) in [5.41, 5.74) is 3.55. The minimum Gasteiger partial charge on any atom is -0.457 e. The lowest BCUT2D eigenvalue weighted by molar-refractivity contribution is 0.481. The lowest BCUT2D eigenvalue weighted by Crippen LogP contribution is -1.97. The van der Waals surface area contributed by atoms with Crippen LogP contribution in [0, 0.1) is 0 Å². The monoisotopic (exact) mass is 440 g/mol. The third kappa shape index (κ3) is 3.93. The molecule has 4 rings (SSSR count). The molecule has 0 unspecified atom stereocenters. The quantitative estimate of drug-likeness (QED) is 0.383. The van der Waals surface area contributed by atoms with Gasteiger partial charge in [0.15, 0.2) is 15.5 Å². The Labute approximate surface area is 180 Å². The SMILES string of the molecule is CC(C)c1nc2c(Cl)cccn2c1-c1cccc(Oc2cccc(S(C)(=O)=O)c2)c1. The van der Waals surface area contributed by atoms with Crippen molar-refractivity contribution in [3.63, 3.8) is 0 Å². The van der Waals surface area contributed by atoms with Gasteiger partial charge in [0.2, 0.25) is 0 Å². The van der Waals surface area contributed by atoms with Gasteiger partial charge < -0.3 is 4.74 Å². The van der Waals surface area contributed by atoms with Gasteiger partial charge in [-0.2, -0.15) is 0 Å². The van der Waals surface area contributed by atoms with Crippen molar-refractivity contribution in [2.75, 3.05) is 6.26 Å². The van der Waals surface area contributed by atoms with E-state index in [4.69, 9.17) is 21.3 Å². The summed E-state index contributed by atoms with van der Waals surface area (Å²) in [5, 5.41) is 0.593. The molecule has 2 aromatic heterocycles. The van der Waals surface area contributed by atoms with Gasteiger partial charge in [0.1, 0.15) is 11.5 Å². The average molecular weight is 441 g/mol. The van der Waals surface area contributed by atoms with Crippen molar-refractivity contribution in [1.82, 2.24) is 9.38 Å². The van der Waals surface area contributed by atoms with Crippen LogP contribution in [0.1, 0.15) is 25.5 Å². The minimum absolute atomic E-state index is 0.201. The molecular formula is C23H21ClN2O3S. The Balaban J connectivity index is 1.78. The molecule has 0 aliphatic rings. The van der Waals surface area contributed by atoms with Gasteiger partial charge in [-0.05, 0) is 48.4 Å². The third-order valence-electron chi connectivity index (χ3n) is 4.75. The lowest BCUT2D eigenvalue weighted by Gasteiger charge is -2.11. The Bertz CT molecular complexity index is 1340. The Kier molecular flexibility index (Phi) is 5.30. The summed E-state index contributed by atoms with van der Waals surface area (Å²) in [4.78, 5) is 4.98. The van der Waals surface area contributed by atoms with Gasteiger partial charge in [-0.25, -0.2) is 13.4 Å². The highest BCUT2D eigenvalue weighted by molar-refractivity contribution is 7.90. The highest BCUT2D eigenvalue weighted by Crippen LogP contribution is 2.34. The predicted octanol–water partition coefficient (Wildman–Crippen LogP) is 5.97. The number of fused-ring (bicyclic) bond motifs is 1. The van der Waals surface area contributed by atoms with Crippen molar-refractivity contribution in [1.29, 1.82) is 0 Å². The normalized spacial score (nSPS) is 11.9. The molecule has 2 aromatic carbocycles. The highest BCUT2D eigenvalue weighted by Gasteiger charge is 2.18. The molecule has 4 aromatic rings. The van der Waals surface area contributed by atoms with Gasteiger partial charge in [-0.15, -0.1) is 0 Å². The summed E-state index contributed by atoms with van der Waals surface area (Å²) in [5.74, 6) is 1.26. The van der Waals surface area contributed by atoms with Crippen molar-refractivity contribution in [3.05, 3.63) is 77.6 Å². The number of nitrogens with zero attached hydrogens (tertiary/aromatic N) is 2. The van der Waals surface area contributed by atoms with Crippen molar-refractivity contribution in [3.8, 4) is 22.8 Å². The van der Waals surface area contributed by atoms with Crippen molar-refractivity contribution in [2.24, 2.45) is 0 Å². The minimum atomic E-state index is -3.31. The molecule has 0 aliphatic carbocycles. The van der Waals surface area contributed by atoms with E-state index in [2.05, 4.69) is 13.8 Å². The van der Waals surface area contributed by atoms with Gasteiger partial charge in [0.25, 0.3) is 0 Å². The lowest BCUT2D eigenvalue weighted by atomic mass is 10.0. The fourth-order valence-corrected chi connectivity index (χ4v) is 4.21. The number of hydrogen-bond acceptors (Lipinski definition) is 4. The first-order chi connectivity index (χ1) is 14.2. The zero-order chi connectivity index (χ0) is 21.5. The van der Waals surface area contributed by atoms with E-state index in [-0.39, 0.29) is 10.8 Å². The number of rotatable bonds is 5. The molecule has 5 nitrogen and oxygen atoms in total. The summed E-state index contributed by atoms with van der Waals surface area (Å²) in [6.07, 6.45) is 3.12. The molecular weight excluding hydrogens is 420 g/mol. The van der Waals surface area contributed by atoms with Crippen LogP contribution >= 0.6 is 11.6 Å². The van der Waals surface area contributed by atoms with E-state index in [1.807, 2.05) is 47.0 Å². The number of aromatic nitrogens is 2. The summed E-state index contributed by atoms with van der Waals surface area (Å²) in [6, 6.07) is 17.8. The molecule has 30 heavy (non-hydrogen) atoms. The molecule has 0 spiro atoms. The van der Waals surface area contributed by atoms with Crippen molar-refractivity contribution < 1.29 is 13.2 Å². The first-order valence-corrected chi connectivity index (χ1v) is 11.8. The molecule has 2 heterocycles. The van der Waals surface area contributed by atoms with Crippen LogP contribution in [0.15, 0.2) is 71.8 Å².